The topological polar surface area (TPSA) is 37.4 Å². The first-order chi connectivity index (χ1) is 7.19. The maximum absolute atomic E-state index is 11.3. The molecule has 1 rings (SSSR count). The zero-order chi connectivity index (χ0) is 12.6. The number of β-lactam (4-membered cyclic amide) rings is 1. The molecule has 1 fully saturated rings. The van der Waals surface area contributed by atoms with Gasteiger partial charge in [0, 0.05) is 12.5 Å². The van der Waals surface area contributed by atoms with Gasteiger partial charge in [0.15, 0.2) is 0 Å². The van der Waals surface area contributed by atoms with Crippen molar-refractivity contribution in [1.82, 2.24) is 4.90 Å². The minimum Gasteiger partial charge on any atom is -0.332 e. The maximum atomic E-state index is 11.3. The Bertz CT molecular complexity index is 294. The number of hydrogen-bond acceptors (Lipinski definition) is 2. The smallest absolute Gasteiger partial charge is 0.225 e. The summed E-state index contributed by atoms with van der Waals surface area (Å²) >= 11 is 0. The number of aldehydes is 1. The lowest BCUT2D eigenvalue weighted by Gasteiger charge is -2.46. The van der Waals surface area contributed by atoms with Crippen molar-refractivity contribution in [2.24, 2.45) is 0 Å². The molecule has 0 N–H and O–H groups in total. The van der Waals surface area contributed by atoms with E-state index in [1.54, 1.807) is 4.90 Å². The van der Waals surface area contributed by atoms with Gasteiger partial charge in [-0.2, -0.15) is 0 Å². The number of carbonyl (C=O) groups excluding carboxylic acids is 2. The molecule has 0 bridgehead atoms. The predicted octanol–water partition coefficient (Wildman–Crippen LogP) is 2.04. The van der Waals surface area contributed by atoms with E-state index in [9.17, 15) is 9.59 Å². The average Bonchev–Trinajstić information content (AvgIpc) is 2.11. The van der Waals surface area contributed by atoms with Gasteiger partial charge < -0.3 is 9.69 Å². The normalized spacial score (nSPS) is 21.9. The third-order valence-electron chi connectivity index (χ3n) is 3.92. The summed E-state index contributed by atoms with van der Waals surface area (Å²) in [7, 11) is -1.47. The van der Waals surface area contributed by atoms with Crippen molar-refractivity contribution in [2.45, 2.75) is 51.4 Å². The highest BCUT2D eigenvalue weighted by molar-refractivity contribution is 6.83. The number of likely N-dealkylation sites (tertiary alicyclic amines) is 1. The number of nitrogens with zero attached hydrogens (tertiary/aromatic N) is 1. The SMILES string of the molecule is CC(C)(C)[Si](C)(C)[CH]C1CC(=O)N1CC=O. The Hall–Kier alpha value is -0.643. The zero-order valence-electron chi connectivity index (χ0n) is 10.9. The summed E-state index contributed by atoms with van der Waals surface area (Å²) in [4.78, 5) is 23.5. The molecule has 16 heavy (non-hydrogen) atoms. The van der Waals surface area contributed by atoms with E-state index in [2.05, 4.69) is 39.9 Å². The highest BCUT2D eigenvalue weighted by atomic mass is 28.3. The van der Waals surface area contributed by atoms with Crippen molar-refractivity contribution >= 4 is 20.3 Å². The van der Waals surface area contributed by atoms with E-state index in [-0.39, 0.29) is 18.5 Å². The van der Waals surface area contributed by atoms with Crippen LogP contribution in [0.25, 0.3) is 0 Å². The first-order valence-electron chi connectivity index (χ1n) is 5.78. The molecule has 1 aliphatic heterocycles. The van der Waals surface area contributed by atoms with Gasteiger partial charge in [-0.15, -0.1) is 0 Å². The van der Waals surface area contributed by atoms with E-state index in [1.165, 1.54) is 0 Å². The molecule has 4 heteroatoms. The quantitative estimate of drug-likeness (QED) is 0.428. The number of carbonyl (C=O) groups is 2. The molecule has 0 aromatic carbocycles. The molecule has 1 heterocycles. The van der Waals surface area contributed by atoms with Gasteiger partial charge in [0.05, 0.1) is 14.6 Å². The third-order valence-corrected chi connectivity index (χ3v) is 9.00. The number of amides is 1. The molecule has 1 amide bonds. The van der Waals surface area contributed by atoms with Crippen LogP contribution < -0.4 is 0 Å². The molecule has 91 valence electrons. The maximum Gasteiger partial charge on any atom is 0.225 e. The Kier molecular flexibility index (Phi) is 3.62. The minimum absolute atomic E-state index is 0.104. The molecule has 0 saturated carbocycles. The lowest BCUT2D eigenvalue weighted by molar-refractivity contribution is -0.145. The van der Waals surface area contributed by atoms with Crippen LogP contribution in [0.5, 0.6) is 0 Å². The number of rotatable bonds is 4. The van der Waals surface area contributed by atoms with Gasteiger partial charge in [-0.1, -0.05) is 33.9 Å². The molecule has 0 aromatic rings. The first kappa shape index (κ1) is 13.4. The van der Waals surface area contributed by atoms with Gasteiger partial charge in [-0.05, 0) is 11.1 Å². The van der Waals surface area contributed by atoms with Crippen LogP contribution in [0.1, 0.15) is 27.2 Å². The summed E-state index contributed by atoms with van der Waals surface area (Å²) in [6.07, 6.45) is 1.39. The molecule has 1 atom stereocenters. The van der Waals surface area contributed by atoms with Gasteiger partial charge in [-0.3, -0.25) is 4.79 Å². The molecular weight excluding hydrogens is 218 g/mol. The Morgan fingerprint density at radius 2 is 2.00 bits per heavy atom. The van der Waals surface area contributed by atoms with Gasteiger partial charge in [0.1, 0.15) is 6.29 Å². The second-order valence-corrected chi connectivity index (χ2v) is 11.4. The van der Waals surface area contributed by atoms with Gasteiger partial charge in [0.2, 0.25) is 5.91 Å². The highest BCUT2D eigenvalue weighted by Crippen LogP contribution is 2.40. The summed E-state index contributed by atoms with van der Waals surface area (Å²) < 4.78 is 0. The molecule has 0 aromatic heterocycles. The second kappa shape index (κ2) is 4.32. The van der Waals surface area contributed by atoms with E-state index < -0.39 is 8.07 Å². The van der Waals surface area contributed by atoms with Crippen LogP contribution in [0.2, 0.25) is 18.1 Å². The summed E-state index contributed by atoms with van der Waals surface area (Å²) in [5, 5.41) is 0.290. The van der Waals surface area contributed by atoms with E-state index in [1.807, 2.05) is 0 Å². The minimum atomic E-state index is -1.47. The molecule has 1 aliphatic rings. The molecule has 0 aliphatic carbocycles. The summed E-state index contributed by atoms with van der Waals surface area (Å²) in [6, 6.07) is 2.54. The van der Waals surface area contributed by atoms with Crippen molar-refractivity contribution in [2.75, 3.05) is 6.54 Å². The fourth-order valence-electron chi connectivity index (χ4n) is 1.68. The second-order valence-electron chi connectivity index (χ2n) is 6.12. The average molecular weight is 240 g/mol. The van der Waals surface area contributed by atoms with Gasteiger partial charge in [0.25, 0.3) is 0 Å². The van der Waals surface area contributed by atoms with E-state index in [0.29, 0.717) is 11.5 Å². The van der Waals surface area contributed by atoms with Crippen molar-refractivity contribution in [3.63, 3.8) is 0 Å². The van der Waals surface area contributed by atoms with Crippen LogP contribution in [0.15, 0.2) is 0 Å². The summed E-state index contributed by atoms with van der Waals surface area (Å²) in [5.74, 6) is 0.104. The van der Waals surface area contributed by atoms with Crippen molar-refractivity contribution < 1.29 is 9.59 Å². The van der Waals surface area contributed by atoms with Crippen LogP contribution in [0.3, 0.4) is 0 Å². The van der Waals surface area contributed by atoms with Crippen molar-refractivity contribution in [3.05, 3.63) is 6.04 Å². The van der Waals surface area contributed by atoms with Gasteiger partial charge >= 0.3 is 0 Å². The molecule has 1 saturated heterocycles. The fraction of sp³-hybridized carbons (Fsp3) is 0.750. The Morgan fingerprint density at radius 1 is 1.44 bits per heavy atom. The Morgan fingerprint density at radius 3 is 2.38 bits per heavy atom. The zero-order valence-corrected chi connectivity index (χ0v) is 11.9. The van der Waals surface area contributed by atoms with Crippen LogP contribution in [-0.2, 0) is 9.59 Å². The molecule has 0 spiro atoms. The highest BCUT2D eigenvalue weighted by Gasteiger charge is 2.44. The van der Waals surface area contributed by atoms with E-state index in [0.717, 1.165) is 6.29 Å². The molecule has 1 radical (unpaired) electrons. The van der Waals surface area contributed by atoms with E-state index in [4.69, 9.17) is 0 Å². The summed E-state index contributed by atoms with van der Waals surface area (Å²) in [5.41, 5.74) is 0. The van der Waals surface area contributed by atoms with Crippen LogP contribution in [-0.4, -0.2) is 37.8 Å². The van der Waals surface area contributed by atoms with Crippen molar-refractivity contribution in [1.29, 1.82) is 0 Å². The first-order valence-corrected chi connectivity index (χ1v) is 8.86. The Labute approximate surface area is 99.2 Å². The van der Waals surface area contributed by atoms with Crippen molar-refractivity contribution in [3.8, 4) is 0 Å². The lowest BCUT2D eigenvalue weighted by atomic mass is 10.0. The third kappa shape index (κ3) is 2.54. The molecular formula is C12H22NO2Si. The fourth-order valence-corrected chi connectivity index (χ4v) is 3.44. The Balaban J connectivity index is 2.62. The van der Waals surface area contributed by atoms with Crippen LogP contribution in [0.4, 0.5) is 0 Å². The van der Waals surface area contributed by atoms with Crippen LogP contribution in [0, 0.1) is 6.04 Å². The largest absolute Gasteiger partial charge is 0.332 e. The number of hydrogen-bond donors (Lipinski definition) is 0. The summed E-state index contributed by atoms with van der Waals surface area (Å²) in [6.45, 7) is 11.6. The molecule has 1 unspecified atom stereocenters. The lowest BCUT2D eigenvalue weighted by Crippen LogP contribution is -2.58. The van der Waals surface area contributed by atoms with Crippen LogP contribution >= 0.6 is 0 Å². The van der Waals surface area contributed by atoms with E-state index >= 15 is 0 Å². The predicted molar refractivity (Wildman–Crippen MR) is 67.7 cm³/mol. The van der Waals surface area contributed by atoms with Gasteiger partial charge in [-0.25, -0.2) is 0 Å². The molecule has 3 nitrogen and oxygen atoms in total. The standard InChI is InChI=1S/C12H22NO2Si/c1-12(2,3)16(4,5)9-10-8-11(15)13(10)6-7-14/h7,9-10H,6,8H2,1-5H3. The monoisotopic (exact) mass is 240 g/mol.